The van der Waals surface area contributed by atoms with Crippen LogP contribution in [0.25, 0.3) is 0 Å². The SMILES string of the molecule is CNC(C1=CCCCCCC1)C1CC2CCC1O2. The largest absolute Gasteiger partial charge is 0.375 e. The molecule has 3 rings (SSSR count). The minimum Gasteiger partial charge on any atom is -0.375 e. The standard InChI is InChI=1S/C16H27NO/c1-17-16(12-7-5-3-2-4-6-8-12)14-11-13-9-10-15(14)18-13/h7,13-17H,2-6,8-11H2,1H3. The van der Waals surface area contributed by atoms with Crippen LogP contribution < -0.4 is 5.32 Å². The van der Waals surface area contributed by atoms with Crippen molar-refractivity contribution in [2.75, 3.05) is 7.05 Å². The van der Waals surface area contributed by atoms with E-state index in [2.05, 4.69) is 18.4 Å². The van der Waals surface area contributed by atoms with Crippen LogP contribution in [0.1, 0.15) is 57.8 Å². The topological polar surface area (TPSA) is 21.3 Å². The fourth-order valence-electron chi connectivity index (χ4n) is 4.20. The number of hydrogen-bond acceptors (Lipinski definition) is 2. The smallest absolute Gasteiger partial charge is 0.0627 e. The molecule has 2 nitrogen and oxygen atoms in total. The summed E-state index contributed by atoms with van der Waals surface area (Å²) in [5.74, 6) is 0.736. The maximum Gasteiger partial charge on any atom is 0.0627 e. The first-order chi connectivity index (χ1) is 8.88. The Hall–Kier alpha value is -0.340. The second-order valence-electron chi connectivity index (χ2n) is 6.27. The van der Waals surface area contributed by atoms with Gasteiger partial charge in [-0.25, -0.2) is 0 Å². The minimum absolute atomic E-state index is 0.541. The molecule has 2 saturated heterocycles. The number of nitrogens with one attached hydrogen (secondary N) is 1. The van der Waals surface area contributed by atoms with Crippen molar-refractivity contribution in [3.05, 3.63) is 11.6 Å². The Bertz CT molecular complexity index is 312. The van der Waals surface area contributed by atoms with E-state index < -0.39 is 0 Å². The van der Waals surface area contributed by atoms with Crippen LogP contribution in [-0.4, -0.2) is 25.3 Å². The molecule has 2 aliphatic heterocycles. The number of hydrogen-bond donors (Lipinski definition) is 1. The van der Waals surface area contributed by atoms with Gasteiger partial charge < -0.3 is 10.1 Å². The fourth-order valence-corrected chi connectivity index (χ4v) is 4.20. The van der Waals surface area contributed by atoms with Gasteiger partial charge in [0.2, 0.25) is 0 Å². The molecule has 18 heavy (non-hydrogen) atoms. The summed E-state index contributed by atoms with van der Waals surface area (Å²) in [6, 6.07) is 0.582. The molecule has 0 saturated carbocycles. The normalized spacial score (nSPS) is 38.1. The van der Waals surface area contributed by atoms with Gasteiger partial charge in [0.15, 0.2) is 0 Å². The number of allylic oxidation sites excluding steroid dienone is 1. The third-order valence-corrected chi connectivity index (χ3v) is 5.12. The van der Waals surface area contributed by atoms with Gasteiger partial charge in [0.05, 0.1) is 12.2 Å². The van der Waals surface area contributed by atoms with E-state index in [9.17, 15) is 0 Å². The Morgan fingerprint density at radius 2 is 2.11 bits per heavy atom. The lowest BCUT2D eigenvalue weighted by Gasteiger charge is -2.31. The molecular formula is C16H27NO. The highest BCUT2D eigenvalue weighted by Crippen LogP contribution is 2.42. The van der Waals surface area contributed by atoms with Gasteiger partial charge in [0.25, 0.3) is 0 Å². The van der Waals surface area contributed by atoms with Gasteiger partial charge in [-0.2, -0.15) is 0 Å². The summed E-state index contributed by atoms with van der Waals surface area (Å²) in [6.07, 6.45) is 15.7. The van der Waals surface area contributed by atoms with E-state index in [1.807, 2.05) is 0 Å². The van der Waals surface area contributed by atoms with Crippen LogP contribution in [0.2, 0.25) is 0 Å². The van der Waals surface area contributed by atoms with Crippen LogP contribution in [-0.2, 0) is 4.74 Å². The van der Waals surface area contributed by atoms with Crippen molar-refractivity contribution in [3.63, 3.8) is 0 Å². The summed E-state index contributed by atoms with van der Waals surface area (Å²) >= 11 is 0. The molecule has 102 valence electrons. The molecule has 2 bridgehead atoms. The zero-order chi connectivity index (χ0) is 12.4. The van der Waals surface area contributed by atoms with Crippen LogP contribution in [0.4, 0.5) is 0 Å². The van der Waals surface area contributed by atoms with Crippen molar-refractivity contribution in [1.29, 1.82) is 0 Å². The van der Waals surface area contributed by atoms with Crippen molar-refractivity contribution in [1.82, 2.24) is 5.32 Å². The Morgan fingerprint density at radius 1 is 1.22 bits per heavy atom. The predicted molar refractivity (Wildman–Crippen MR) is 74.6 cm³/mol. The summed E-state index contributed by atoms with van der Waals surface area (Å²) in [4.78, 5) is 0. The summed E-state index contributed by atoms with van der Waals surface area (Å²) < 4.78 is 6.05. The van der Waals surface area contributed by atoms with Gasteiger partial charge in [-0.1, -0.05) is 24.5 Å². The molecule has 2 heterocycles. The lowest BCUT2D eigenvalue weighted by Crippen LogP contribution is -2.40. The molecule has 0 aromatic heterocycles. The van der Waals surface area contributed by atoms with Crippen molar-refractivity contribution in [2.45, 2.75) is 76.0 Å². The van der Waals surface area contributed by atoms with Crippen molar-refractivity contribution in [3.8, 4) is 0 Å². The van der Waals surface area contributed by atoms with Crippen LogP contribution in [0.5, 0.6) is 0 Å². The quantitative estimate of drug-likeness (QED) is 0.774. The van der Waals surface area contributed by atoms with Crippen molar-refractivity contribution in [2.24, 2.45) is 5.92 Å². The zero-order valence-electron chi connectivity index (χ0n) is 11.7. The first-order valence-electron chi connectivity index (χ1n) is 7.90. The zero-order valence-corrected chi connectivity index (χ0v) is 11.7. The molecular weight excluding hydrogens is 222 g/mol. The van der Waals surface area contributed by atoms with E-state index in [-0.39, 0.29) is 0 Å². The van der Waals surface area contributed by atoms with Gasteiger partial charge in [-0.15, -0.1) is 0 Å². The highest BCUT2D eigenvalue weighted by molar-refractivity contribution is 5.16. The summed E-state index contributed by atoms with van der Waals surface area (Å²) in [6.45, 7) is 0. The summed E-state index contributed by atoms with van der Waals surface area (Å²) in [5.41, 5.74) is 1.68. The molecule has 1 N–H and O–H groups in total. The summed E-state index contributed by atoms with van der Waals surface area (Å²) in [5, 5.41) is 3.60. The number of ether oxygens (including phenoxy) is 1. The molecule has 0 aromatic rings. The van der Waals surface area contributed by atoms with Crippen molar-refractivity contribution >= 4 is 0 Å². The molecule has 2 heteroatoms. The van der Waals surface area contributed by atoms with E-state index in [0.717, 1.165) is 5.92 Å². The van der Waals surface area contributed by atoms with Gasteiger partial charge in [-0.05, 0) is 52.0 Å². The Labute approximate surface area is 111 Å². The van der Waals surface area contributed by atoms with Gasteiger partial charge in [-0.3, -0.25) is 0 Å². The Kier molecular flexibility index (Phi) is 4.05. The molecule has 0 amide bonds. The molecule has 2 fully saturated rings. The highest BCUT2D eigenvalue weighted by atomic mass is 16.5. The second kappa shape index (κ2) is 5.75. The molecule has 3 aliphatic rings. The van der Waals surface area contributed by atoms with E-state index in [1.165, 1.54) is 57.8 Å². The molecule has 1 aliphatic carbocycles. The molecule has 0 aromatic carbocycles. The molecule has 4 atom stereocenters. The first kappa shape index (κ1) is 12.7. The van der Waals surface area contributed by atoms with Crippen LogP contribution >= 0.6 is 0 Å². The monoisotopic (exact) mass is 249 g/mol. The predicted octanol–water partition coefficient (Wildman–Crippen LogP) is 3.42. The van der Waals surface area contributed by atoms with Crippen LogP contribution in [0.15, 0.2) is 11.6 Å². The average Bonchev–Trinajstić information content (AvgIpc) is 2.94. The van der Waals surface area contributed by atoms with Crippen LogP contribution in [0, 0.1) is 5.92 Å². The molecule has 0 spiro atoms. The summed E-state index contributed by atoms with van der Waals surface area (Å²) in [7, 11) is 2.14. The van der Waals surface area contributed by atoms with E-state index in [4.69, 9.17) is 4.74 Å². The average molecular weight is 249 g/mol. The van der Waals surface area contributed by atoms with Gasteiger partial charge in [0.1, 0.15) is 0 Å². The van der Waals surface area contributed by atoms with Gasteiger partial charge in [0, 0.05) is 12.0 Å². The lowest BCUT2D eigenvalue weighted by atomic mass is 9.79. The van der Waals surface area contributed by atoms with E-state index in [0.29, 0.717) is 18.2 Å². The number of rotatable bonds is 3. The number of likely N-dealkylation sites (N-methyl/N-ethyl adjacent to an activating group) is 1. The van der Waals surface area contributed by atoms with Gasteiger partial charge >= 0.3 is 0 Å². The highest BCUT2D eigenvalue weighted by Gasteiger charge is 2.44. The Balaban J connectivity index is 1.70. The molecule has 4 unspecified atom stereocenters. The molecule has 0 radical (unpaired) electrons. The van der Waals surface area contributed by atoms with E-state index in [1.54, 1.807) is 5.57 Å². The maximum absolute atomic E-state index is 6.05. The number of fused-ring (bicyclic) bond motifs is 2. The lowest BCUT2D eigenvalue weighted by molar-refractivity contribution is 0.0883. The van der Waals surface area contributed by atoms with Crippen molar-refractivity contribution < 1.29 is 4.74 Å². The second-order valence-corrected chi connectivity index (χ2v) is 6.27. The fraction of sp³-hybridized carbons (Fsp3) is 0.875. The minimum atomic E-state index is 0.541. The van der Waals surface area contributed by atoms with E-state index >= 15 is 0 Å². The Morgan fingerprint density at radius 3 is 2.83 bits per heavy atom. The van der Waals surface area contributed by atoms with Crippen LogP contribution in [0.3, 0.4) is 0 Å². The third kappa shape index (κ3) is 2.50. The third-order valence-electron chi connectivity index (χ3n) is 5.12. The maximum atomic E-state index is 6.05. The first-order valence-corrected chi connectivity index (χ1v) is 7.90.